The van der Waals surface area contributed by atoms with Crippen LogP contribution in [0, 0.1) is 0 Å². The summed E-state index contributed by atoms with van der Waals surface area (Å²) in [6.45, 7) is 5.01. The van der Waals surface area contributed by atoms with E-state index in [0.29, 0.717) is 32.2 Å². The zero-order valence-electron chi connectivity index (χ0n) is 21.2. The molecule has 0 saturated carbocycles. The van der Waals surface area contributed by atoms with Gasteiger partial charge in [-0.15, -0.1) is 0 Å². The molecule has 2 aliphatic heterocycles. The van der Waals surface area contributed by atoms with Crippen molar-refractivity contribution >= 4 is 45.1 Å². The Morgan fingerprint density at radius 1 is 1.22 bits per heavy atom. The van der Waals surface area contributed by atoms with E-state index in [1.165, 1.54) is 0 Å². The van der Waals surface area contributed by atoms with E-state index in [9.17, 15) is 4.79 Å². The minimum atomic E-state index is -0.148. The first kappa shape index (κ1) is 26.1. The zero-order valence-corrected chi connectivity index (χ0v) is 23.4. The van der Waals surface area contributed by atoms with Gasteiger partial charge in [0, 0.05) is 54.6 Å². The van der Waals surface area contributed by atoms with Crippen molar-refractivity contribution in [3.63, 3.8) is 0 Å². The molecule has 37 heavy (non-hydrogen) atoms. The Labute approximate surface area is 230 Å². The fraction of sp³-hybridized carbons (Fsp3) is 0.481. The summed E-state index contributed by atoms with van der Waals surface area (Å²) in [6.07, 6.45) is 8.17. The molecule has 10 heteroatoms. The Morgan fingerprint density at radius 2 is 2.05 bits per heavy atom. The number of pyridine rings is 1. The molecule has 0 aliphatic carbocycles. The number of amides is 1. The Hall–Kier alpha value is -2.57. The van der Waals surface area contributed by atoms with Crippen molar-refractivity contribution in [2.75, 3.05) is 38.7 Å². The molecule has 0 spiro atoms. The van der Waals surface area contributed by atoms with Crippen molar-refractivity contribution in [3.8, 4) is 16.9 Å². The van der Waals surface area contributed by atoms with Crippen molar-refractivity contribution in [1.82, 2.24) is 25.2 Å². The van der Waals surface area contributed by atoms with Crippen LogP contribution in [0.1, 0.15) is 32.0 Å². The lowest BCUT2D eigenvalue weighted by Gasteiger charge is -2.37. The third-order valence-corrected chi connectivity index (χ3v) is 7.66. The molecule has 196 valence electrons. The van der Waals surface area contributed by atoms with E-state index in [-0.39, 0.29) is 21.9 Å². The number of rotatable bonds is 5. The van der Waals surface area contributed by atoms with Gasteiger partial charge in [0.2, 0.25) is 5.91 Å². The van der Waals surface area contributed by atoms with Gasteiger partial charge in [0.1, 0.15) is 19.0 Å². The summed E-state index contributed by atoms with van der Waals surface area (Å²) in [7, 11) is 2.02. The summed E-state index contributed by atoms with van der Waals surface area (Å²) in [5.41, 5.74) is 3.56. The number of piperidine rings is 1. The molecule has 4 bridgehead atoms. The van der Waals surface area contributed by atoms with Gasteiger partial charge < -0.3 is 20.1 Å². The normalized spacial score (nSPS) is 22.7. The van der Waals surface area contributed by atoms with E-state index in [1.54, 1.807) is 0 Å². The Bertz CT molecular complexity index is 1240. The number of likely N-dealkylation sites (N-methyl/N-ethyl adjacent to an activating group) is 1. The highest BCUT2D eigenvalue weighted by Crippen LogP contribution is 2.37. The summed E-state index contributed by atoms with van der Waals surface area (Å²) in [5, 5.41) is 7.70. The van der Waals surface area contributed by atoms with E-state index >= 15 is 0 Å². The third kappa shape index (κ3) is 6.12. The number of nitrogens with zero attached hydrogens (tertiary/aromatic N) is 4. The monoisotopic (exact) mass is 616 g/mol. The number of benzene rings is 1. The molecule has 1 amide bonds. The number of hydrogen-bond acceptors (Lipinski definition) is 8. The maximum absolute atomic E-state index is 13.0. The van der Waals surface area contributed by atoms with Crippen LogP contribution in [-0.2, 0) is 16.1 Å². The first-order chi connectivity index (χ1) is 18.0. The highest BCUT2D eigenvalue weighted by Gasteiger charge is 2.31. The van der Waals surface area contributed by atoms with Gasteiger partial charge >= 0.3 is 0 Å². The minimum absolute atomic E-state index is 0.0718. The average molecular weight is 617 g/mol. The second-order valence-corrected chi connectivity index (χ2v) is 11.5. The first-order valence-electron chi connectivity index (χ1n) is 12.8. The molecule has 3 aromatic rings. The van der Waals surface area contributed by atoms with Crippen molar-refractivity contribution in [2.45, 2.75) is 48.8 Å². The number of likely N-dealkylation sites (tertiary alicyclic amines) is 1. The van der Waals surface area contributed by atoms with E-state index in [2.05, 4.69) is 61.1 Å². The van der Waals surface area contributed by atoms with Gasteiger partial charge in [-0.1, -0.05) is 29.5 Å². The van der Waals surface area contributed by atoms with Gasteiger partial charge in [-0.2, -0.15) is 0 Å². The van der Waals surface area contributed by atoms with Gasteiger partial charge in [-0.25, -0.2) is 9.97 Å². The maximum atomic E-state index is 13.0. The van der Waals surface area contributed by atoms with Gasteiger partial charge in [-0.3, -0.25) is 14.7 Å². The predicted octanol–water partition coefficient (Wildman–Crippen LogP) is 3.81. The molecule has 0 radical (unpaired) electrons. The number of halogens is 1. The van der Waals surface area contributed by atoms with Crippen molar-refractivity contribution in [2.24, 2.45) is 0 Å². The molecule has 1 aromatic carbocycles. The van der Waals surface area contributed by atoms with E-state index in [1.807, 2.05) is 37.8 Å². The number of carbonyl (C=O) groups is 1. The first-order valence-corrected chi connectivity index (χ1v) is 14.1. The molecule has 4 heterocycles. The lowest BCUT2D eigenvalue weighted by Crippen LogP contribution is -2.53. The van der Waals surface area contributed by atoms with Crippen LogP contribution >= 0.6 is 22.6 Å². The van der Waals surface area contributed by atoms with Gasteiger partial charge in [0.05, 0.1) is 27.4 Å². The smallest absolute Gasteiger partial charge is 0.237 e. The van der Waals surface area contributed by atoms with Crippen molar-refractivity contribution in [3.05, 3.63) is 42.6 Å². The molecule has 2 aliphatic rings. The third-order valence-electron chi connectivity index (χ3n) is 6.86. The summed E-state index contributed by atoms with van der Waals surface area (Å²) < 4.78 is 12.1. The molecule has 9 nitrogen and oxygen atoms in total. The molecular weight excluding hydrogens is 583 g/mol. The summed E-state index contributed by atoms with van der Waals surface area (Å²) >= 11 is 2.34. The lowest BCUT2D eigenvalue weighted by molar-refractivity contribution is -0.127. The van der Waals surface area contributed by atoms with Gasteiger partial charge in [0.25, 0.3) is 0 Å². The molecule has 5 rings (SSSR count). The average Bonchev–Trinajstić information content (AvgIpc) is 2.91. The summed E-state index contributed by atoms with van der Waals surface area (Å²) in [5.74, 6) is 1.48. The molecule has 1 saturated heterocycles. The highest BCUT2D eigenvalue weighted by molar-refractivity contribution is 14.1. The Morgan fingerprint density at radius 3 is 2.86 bits per heavy atom. The Balaban J connectivity index is 1.51. The molecule has 1 unspecified atom stereocenters. The fourth-order valence-corrected chi connectivity index (χ4v) is 5.23. The van der Waals surface area contributed by atoms with Crippen LogP contribution in [0.3, 0.4) is 0 Å². The number of ether oxygens (including phenoxy) is 2. The lowest BCUT2D eigenvalue weighted by atomic mass is 9.96. The summed E-state index contributed by atoms with van der Waals surface area (Å²) in [6, 6.07) is 6.17. The Kier molecular flexibility index (Phi) is 8.36. The van der Waals surface area contributed by atoms with Crippen LogP contribution in [0.5, 0.6) is 5.75 Å². The van der Waals surface area contributed by atoms with Crippen LogP contribution in [0.15, 0.2) is 36.8 Å². The standard InChI is InChI=1S/C27H33IN6O3/c1-3-8-36-16-25-30-11-17(12-31-25)21-4-5-23-22-9-20(14-29-23)33-19-6-7-34(2)24(10-19)27(35)32-13-18(28)15-37-26(21)22/h4-5,9,11-12,14,18-19,24,33H,3,6-8,10,13,15-16H2,1-2H3,(H,32,35)/t18?,19-,24-/m0/s1. The number of fused-ring (bicyclic) bond motifs is 3. The zero-order chi connectivity index (χ0) is 25.8. The topological polar surface area (TPSA) is 102 Å². The van der Waals surface area contributed by atoms with Crippen LogP contribution in [0.4, 0.5) is 5.69 Å². The van der Waals surface area contributed by atoms with Crippen molar-refractivity contribution in [1.29, 1.82) is 0 Å². The number of anilines is 1. The van der Waals surface area contributed by atoms with Crippen LogP contribution in [0.25, 0.3) is 22.0 Å². The van der Waals surface area contributed by atoms with Crippen LogP contribution in [-0.4, -0.2) is 75.1 Å². The largest absolute Gasteiger partial charge is 0.491 e. The number of carbonyl (C=O) groups excluding carboxylic acids is 1. The highest BCUT2D eigenvalue weighted by atomic mass is 127. The maximum Gasteiger partial charge on any atom is 0.237 e. The predicted molar refractivity (Wildman–Crippen MR) is 152 cm³/mol. The van der Waals surface area contributed by atoms with E-state index < -0.39 is 0 Å². The second kappa shape index (κ2) is 11.9. The number of aromatic nitrogens is 3. The van der Waals surface area contributed by atoms with E-state index in [0.717, 1.165) is 59.3 Å². The fourth-order valence-electron chi connectivity index (χ4n) is 4.83. The number of alkyl halides is 1. The van der Waals surface area contributed by atoms with Gasteiger partial charge in [0.15, 0.2) is 5.82 Å². The van der Waals surface area contributed by atoms with Crippen LogP contribution < -0.4 is 15.4 Å². The minimum Gasteiger partial charge on any atom is -0.491 e. The molecule has 3 atom stereocenters. The van der Waals surface area contributed by atoms with E-state index in [4.69, 9.17) is 14.5 Å². The second-order valence-electron chi connectivity index (χ2n) is 9.69. The summed E-state index contributed by atoms with van der Waals surface area (Å²) in [4.78, 5) is 28.9. The quantitative estimate of drug-likeness (QED) is 0.254. The van der Waals surface area contributed by atoms with Crippen molar-refractivity contribution < 1.29 is 14.3 Å². The number of hydrogen-bond donors (Lipinski definition) is 2. The SMILES string of the molecule is CCCOCc1ncc(-c2ccc3ncc4cc3c2OCC(I)CNC(=O)[C@@H]2C[C@H](CCN2C)N4)cn1. The van der Waals surface area contributed by atoms with Gasteiger partial charge in [-0.05, 0) is 44.5 Å². The van der Waals surface area contributed by atoms with Crippen LogP contribution in [0.2, 0.25) is 0 Å². The molecular formula is C27H33IN6O3. The molecule has 2 aromatic heterocycles. The molecule has 1 fully saturated rings. The number of nitrogens with one attached hydrogen (secondary N) is 2. The molecule has 2 N–H and O–H groups in total.